The summed E-state index contributed by atoms with van der Waals surface area (Å²) in [7, 11) is 0. The zero-order valence-corrected chi connectivity index (χ0v) is 15.2. The molecule has 0 aliphatic carbocycles. The predicted octanol–water partition coefficient (Wildman–Crippen LogP) is 4.98. The first-order chi connectivity index (χ1) is 12.0. The highest BCUT2D eigenvalue weighted by atomic mass is 79.9. The third-order valence-corrected chi connectivity index (χ3v) is 4.26. The second-order valence-electron chi connectivity index (χ2n) is 5.21. The second kappa shape index (κ2) is 7.59. The molecule has 1 amide bonds. The van der Waals surface area contributed by atoms with E-state index < -0.39 is 0 Å². The minimum atomic E-state index is -0.384. The number of halogens is 2. The summed E-state index contributed by atoms with van der Waals surface area (Å²) in [4.78, 5) is 29.3. The van der Waals surface area contributed by atoms with Crippen molar-refractivity contribution in [1.29, 1.82) is 0 Å². The number of aromatic nitrogens is 1. The van der Waals surface area contributed by atoms with Crippen molar-refractivity contribution in [2.24, 2.45) is 0 Å². The van der Waals surface area contributed by atoms with Gasteiger partial charge in [0.1, 0.15) is 5.15 Å². The first-order valence-corrected chi connectivity index (χ1v) is 8.54. The van der Waals surface area contributed by atoms with E-state index in [2.05, 4.69) is 26.2 Å². The highest BCUT2D eigenvalue weighted by Crippen LogP contribution is 2.19. The normalized spacial score (nSPS) is 10.3. The fourth-order valence-corrected chi connectivity index (χ4v) is 2.66. The minimum Gasteiger partial charge on any atom is -0.321 e. The van der Waals surface area contributed by atoms with Crippen LogP contribution in [0.5, 0.6) is 0 Å². The van der Waals surface area contributed by atoms with Crippen molar-refractivity contribution in [3.05, 3.63) is 93.2 Å². The molecule has 0 aliphatic rings. The van der Waals surface area contributed by atoms with Gasteiger partial charge < -0.3 is 5.32 Å². The van der Waals surface area contributed by atoms with Gasteiger partial charge in [0.15, 0.2) is 5.78 Å². The molecule has 0 atom stereocenters. The van der Waals surface area contributed by atoms with E-state index in [1.54, 1.807) is 60.7 Å². The van der Waals surface area contributed by atoms with Crippen LogP contribution < -0.4 is 5.32 Å². The van der Waals surface area contributed by atoms with Crippen LogP contribution in [0, 0.1) is 0 Å². The molecule has 0 aliphatic heterocycles. The molecule has 0 bridgehead atoms. The van der Waals surface area contributed by atoms with E-state index in [1.165, 1.54) is 6.20 Å². The Kier molecular flexibility index (Phi) is 5.26. The lowest BCUT2D eigenvalue weighted by molar-refractivity contribution is 0.0996. The van der Waals surface area contributed by atoms with Gasteiger partial charge in [0.25, 0.3) is 5.91 Å². The zero-order chi connectivity index (χ0) is 17.8. The fourth-order valence-electron chi connectivity index (χ4n) is 2.28. The minimum absolute atomic E-state index is 0.215. The molecule has 3 rings (SSSR count). The average molecular weight is 416 g/mol. The molecule has 1 aromatic heterocycles. The number of pyridine rings is 1. The smallest absolute Gasteiger partial charge is 0.256 e. The maximum absolute atomic E-state index is 12.8. The van der Waals surface area contributed by atoms with Gasteiger partial charge in [-0.2, -0.15) is 0 Å². The third-order valence-electron chi connectivity index (χ3n) is 3.51. The average Bonchev–Trinajstić information content (AvgIpc) is 2.63. The highest BCUT2D eigenvalue weighted by Gasteiger charge is 2.18. The van der Waals surface area contributed by atoms with Crippen LogP contribution in [0.25, 0.3) is 0 Å². The van der Waals surface area contributed by atoms with Gasteiger partial charge in [0.2, 0.25) is 0 Å². The van der Waals surface area contributed by atoms with Gasteiger partial charge in [-0.05, 0) is 42.5 Å². The van der Waals surface area contributed by atoms with Gasteiger partial charge in [0.05, 0.1) is 17.4 Å². The summed E-state index contributed by atoms with van der Waals surface area (Å²) in [5.74, 6) is -0.599. The van der Waals surface area contributed by atoms with Gasteiger partial charge in [-0.15, -0.1) is 0 Å². The van der Waals surface area contributed by atoms with Crippen LogP contribution in [-0.4, -0.2) is 16.7 Å². The van der Waals surface area contributed by atoms with E-state index in [4.69, 9.17) is 11.6 Å². The number of amides is 1. The van der Waals surface area contributed by atoms with E-state index in [0.29, 0.717) is 27.5 Å². The summed E-state index contributed by atoms with van der Waals surface area (Å²) in [6.07, 6.45) is 1.46. The summed E-state index contributed by atoms with van der Waals surface area (Å²) in [5.41, 5.74) is 1.64. The number of hydrogen-bond donors (Lipinski definition) is 1. The molecule has 0 saturated heterocycles. The standard InChI is InChI=1S/C19H12BrClN2O2/c20-13-7-5-12(6-8-13)18(24)15-3-1-2-4-16(15)19(25)23-14-9-10-17(21)22-11-14/h1-11H,(H,23,25). The highest BCUT2D eigenvalue weighted by molar-refractivity contribution is 9.10. The van der Waals surface area contributed by atoms with Crippen LogP contribution >= 0.6 is 27.5 Å². The zero-order valence-electron chi connectivity index (χ0n) is 12.9. The summed E-state index contributed by atoms with van der Waals surface area (Å²) >= 11 is 9.08. The number of nitrogens with one attached hydrogen (secondary N) is 1. The van der Waals surface area contributed by atoms with Crippen molar-refractivity contribution in [2.75, 3.05) is 5.32 Å². The molecule has 2 aromatic carbocycles. The maximum Gasteiger partial charge on any atom is 0.256 e. The Labute approximate surface area is 158 Å². The van der Waals surface area contributed by atoms with Crippen molar-refractivity contribution in [3.8, 4) is 0 Å². The first-order valence-electron chi connectivity index (χ1n) is 7.37. The lowest BCUT2D eigenvalue weighted by atomic mass is 9.98. The number of anilines is 1. The Morgan fingerprint density at radius 1 is 0.920 bits per heavy atom. The van der Waals surface area contributed by atoms with E-state index in [-0.39, 0.29) is 11.7 Å². The molecule has 0 fully saturated rings. The van der Waals surface area contributed by atoms with Crippen LogP contribution in [0.1, 0.15) is 26.3 Å². The lowest BCUT2D eigenvalue weighted by Crippen LogP contribution is -2.17. The van der Waals surface area contributed by atoms with Crippen LogP contribution in [-0.2, 0) is 0 Å². The molecule has 4 nitrogen and oxygen atoms in total. The number of nitrogens with zero attached hydrogens (tertiary/aromatic N) is 1. The SMILES string of the molecule is O=C(Nc1ccc(Cl)nc1)c1ccccc1C(=O)c1ccc(Br)cc1. The first kappa shape index (κ1) is 17.3. The molecule has 0 spiro atoms. The van der Waals surface area contributed by atoms with Gasteiger partial charge in [-0.3, -0.25) is 9.59 Å². The number of hydrogen-bond acceptors (Lipinski definition) is 3. The van der Waals surface area contributed by atoms with Crippen molar-refractivity contribution < 1.29 is 9.59 Å². The number of carbonyl (C=O) groups is 2. The Hall–Kier alpha value is -2.50. The molecular weight excluding hydrogens is 404 g/mol. The number of carbonyl (C=O) groups excluding carboxylic acids is 2. The van der Waals surface area contributed by atoms with Gasteiger partial charge in [-0.1, -0.05) is 45.7 Å². The van der Waals surface area contributed by atoms with Crippen LogP contribution in [0.4, 0.5) is 5.69 Å². The molecule has 0 saturated carbocycles. The molecule has 1 heterocycles. The Morgan fingerprint density at radius 2 is 1.60 bits per heavy atom. The van der Waals surface area contributed by atoms with E-state index in [9.17, 15) is 9.59 Å². The van der Waals surface area contributed by atoms with Gasteiger partial charge in [-0.25, -0.2) is 4.98 Å². The Bertz CT molecular complexity index is 925. The van der Waals surface area contributed by atoms with Crippen molar-refractivity contribution >= 4 is 44.9 Å². The topological polar surface area (TPSA) is 59.1 Å². The number of rotatable bonds is 4. The van der Waals surface area contributed by atoms with Crippen LogP contribution in [0.2, 0.25) is 5.15 Å². The predicted molar refractivity (Wildman–Crippen MR) is 101 cm³/mol. The van der Waals surface area contributed by atoms with E-state index in [0.717, 1.165) is 4.47 Å². The fraction of sp³-hybridized carbons (Fsp3) is 0. The van der Waals surface area contributed by atoms with Gasteiger partial charge >= 0.3 is 0 Å². The quantitative estimate of drug-likeness (QED) is 0.483. The molecule has 3 aromatic rings. The summed E-state index contributed by atoms with van der Waals surface area (Å²) in [6, 6.07) is 16.9. The monoisotopic (exact) mass is 414 g/mol. The molecule has 25 heavy (non-hydrogen) atoms. The van der Waals surface area contributed by atoms with Crippen molar-refractivity contribution in [1.82, 2.24) is 4.98 Å². The van der Waals surface area contributed by atoms with Crippen molar-refractivity contribution in [2.45, 2.75) is 0 Å². The molecule has 6 heteroatoms. The molecule has 0 unspecified atom stereocenters. The largest absolute Gasteiger partial charge is 0.321 e. The Morgan fingerprint density at radius 3 is 2.24 bits per heavy atom. The summed E-state index contributed by atoms with van der Waals surface area (Å²) < 4.78 is 0.880. The molecule has 124 valence electrons. The summed E-state index contributed by atoms with van der Waals surface area (Å²) in [5, 5.41) is 3.06. The van der Waals surface area contributed by atoms with Crippen molar-refractivity contribution in [3.63, 3.8) is 0 Å². The summed E-state index contributed by atoms with van der Waals surface area (Å²) in [6.45, 7) is 0. The third kappa shape index (κ3) is 4.13. The Balaban J connectivity index is 1.89. The molecule has 1 N–H and O–H groups in total. The molecular formula is C19H12BrClN2O2. The maximum atomic E-state index is 12.8. The van der Waals surface area contributed by atoms with Gasteiger partial charge in [0, 0.05) is 15.6 Å². The van der Waals surface area contributed by atoms with E-state index >= 15 is 0 Å². The molecule has 0 radical (unpaired) electrons. The van der Waals surface area contributed by atoms with Crippen LogP contribution in [0.3, 0.4) is 0 Å². The number of benzene rings is 2. The second-order valence-corrected chi connectivity index (χ2v) is 6.51. The number of ketones is 1. The van der Waals surface area contributed by atoms with E-state index in [1.807, 2.05) is 0 Å². The lowest BCUT2D eigenvalue weighted by Gasteiger charge is -2.10. The van der Waals surface area contributed by atoms with Crippen LogP contribution in [0.15, 0.2) is 71.3 Å².